The minimum Gasteiger partial charge on any atom is -0.494 e. The number of benzene rings is 3. The summed E-state index contributed by atoms with van der Waals surface area (Å²) in [6.07, 6.45) is 7.19. The molecule has 2 aliphatic heterocycles. The fraction of sp³-hybridized carbons (Fsp3) is 0.459. The maximum Gasteiger partial charge on any atom is 0.120 e. The van der Waals surface area contributed by atoms with Crippen molar-refractivity contribution < 1.29 is 14.2 Å². The number of fused-ring (bicyclic) bond motifs is 2. The molecule has 0 spiro atoms. The first-order valence-corrected chi connectivity index (χ1v) is 16.1. The highest BCUT2D eigenvalue weighted by Gasteiger charge is 2.42. The van der Waals surface area contributed by atoms with Gasteiger partial charge in [-0.15, -0.1) is 0 Å². The van der Waals surface area contributed by atoms with Gasteiger partial charge in [-0.25, -0.2) is 0 Å². The summed E-state index contributed by atoms with van der Waals surface area (Å²) >= 11 is 0. The van der Waals surface area contributed by atoms with Crippen molar-refractivity contribution in [1.82, 2.24) is 9.47 Å². The van der Waals surface area contributed by atoms with Crippen LogP contribution in [0.1, 0.15) is 63.5 Å². The highest BCUT2D eigenvalue weighted by Crippen LogP contribution is 2.40. The van der Waals surface area contributed by atoms with E-state index in [1.807, 2.05) is 0 Å². The maximum atomic E-state index is 6.13. The Morgan fingerprint density at radius 1 is 0.738 bits per heavy atom. The number of hydrogen-bond donors (Lipinski definition) is 0. The van der Waals surface area contributed by atoms with Crippen molar-refractivity contribution in [3.05, 3.63) is 77.9 Å². The van der Waals surface area contributed by atoms with Gasteiger partial charge in [0.1, 0.15) is 23.9 Å². The smallest absolute Gasteiger partial charge is 0.120 e. The third kappa shape index (κ3) is 6.32. The lowest BCUT2D eigenvalue weighted by molar-refractivity contribution is 0.198. The molecule has 222 valence electrons. The molecule has 3 fully saturated rings. The Labute approximate surface area is 251 Å². The molecule has 1 aliphatic carbocycles. The van der Waals surface area contributed by atoms with E-state index in [4.69, 9.17) is 14.2 Å². The molecule has 0 N–H and O–H groups in total. The van der Waals surface area contributed by atoms with Gasteiger partial charge in [0.15, 0.2) is 0 Å². The van der Waals surface area contributed by atoms with E-state index in [9.17, 15) is 0 Å². The Morgan fingerprint density at radius 3 is 2.00 bits per heavy atom. The van der Waals surface area contributed by atoms with Crippen molar-refractivity contribution in [3.8, 4) is 28.5 Å². The van der Waals surface area contributed by atoms with Gasteiger partial charge in [0.2, 0.25) is 0 Å². The Hall–Kier alpha value is -3.44. The van der Waals surface area contributed by atoms with Gasteiger partial charge in [0.05, 0.1) is 18.9 Å². The van der Waals surface area contributed by atoms with Crippen LogP contribution in [0.25, 0.3) is 22.2 Å². The van der Waals surface area contributed by atoms with Crippen LogP contribution >= 0.6 is 0 Å². The topological polar surface area (TPSA) is 35.9 Å². The minimum absolute atomic E-state index is 0.752. The molecule has 2 bridgehead atoms. The Kier molecular flexibility index (Phi) is 9.04. The molecule has 5 heteroatoms. The molecule has 3 aromatic carbocycles. The summed E-state index contributed by atoms with van der Waals surface area (Å²) in [7, 11) is 0. The monoisotopic (exact) mass is 566 g/mol. The minimum atomic E-state index is 0.752. The first-order valence-electron chi connectivity index (χ1n) is 16.1. The zero-order valence-electron chi connectivity index (χ0n) is 25.6. The Morgan fingerprint density at radius 2 is 1.36 bits per heavy atom. The lowest BCUT2D eigenvalue weighted by Gasteiger charge is -2.25. The first-order chi connectivity index (χ1) is 20.6. The average molecular weight is 567 g/mol. The molecule has 0 amide bonds. The van der Waals surface area contributed by atoms with Crippen LogP contribution in [0.4, 0.5) is 0 Å². The third-order valence-electron chi connectivity index (χ3n) is 9.08. The van der Waals surface area contributed by atoms with Crippen LogP contribution in [-0.4, -0.2) is 48.4 Å². The largest absolute Gasteiger partial charge is 0.494 e. The number of hydrogen-bond acceptors (Lipinski definition) is 4. The molecule has 0 atom stereocenters. The first kappa shape index (κ1) is 28.7. The second-order valence-electron chi connectivity index (χ2n) is 12.1. The Bertz CT molecular complexity index is 1450. The predicted octanol–water partition coefficient (Wildman–Crippen LogP) is 8.50. The van der Waals surface area contributed by atoms with Crippen molar-refractivity contribution >= 4 is 10.9 Å². The summed E-state index contributed by atoms with van der Waals surface area (Å²) in [6.45, 7) is 12.0. The van der Waals surface area contributed by atoms with E-state index in [1.54, 1.807) is 0 Å². The fourth-order valence-corrected chi connectivity index (χ4v) is 6.56. The number of aryl methyl sites for hydroxylation is 1. The van der Waals surface area contributed by atoms with Crippen molar-refractivity contribution in [2.24, 2.45) is 5.92 Å². The van der Waals surface area contributed by atoms with Crippen molar-refractivity contribution in [2.45, 2.75) is 71.9 Å². The molecule has 0 unspecified atom stereocenters. The van der Waals surface area contributed by atoms with E-state index in [2.05, 4.69) is 97.0 Å². The number of nitrogens with zero attached hydrogens (tertiary/aromatic N) is 2. The zero-order chi connectivity index (χ0) is 28.9. The number of unbranched alkanes of at least 4 members (excludes halogenated alkanes) is 2. The van der Waals surface area contributed by atoms with Gasteiger partial charge in [0, 0.05) is 36.6 Å². The van der Waals surface area contributed by atoms with Gasteiger partial charge in [-0.1, -0.05) is 38.8 Å². The standard InChI is InChI=1S/C37H46N2O3/c1-4-6-19-40-33-14-10-30(11-15-33)37-27(3)35-24-34(41-20-7-5-2)16-17-36(35)39(37)26-28-8-12-32(13-9-28)42-21-18-38-25-29-22-31(38)23-29/h8-17,24,29,31H,4-7,18-23,25-26H2,1-3H3. The number of rotatable bonds is 15. The number of aromatic nitrogens is 1. The van der Waals surface area contributed by atoms with Gasteiger partial charge in [-0.3, -0.25) is 4.90 Å². The van der Waals surface area contributed by atoms with Gasteiger partial charge in [-0.2, -0.15) is 0 Å². The SMILES string of the molecule is CCCCOc1ccc(-c2c(C)c3cc(OCCCC)ccc3n2Cc2ccc(OCCN3CC4CC3C4)cc2)cc1. The molecule has 3 aliphatic rings. The van der Waals surface area contributed by atoms with Gasteiger partial charge in [-0.05, 0) is 110 Å². The molecule has 2 saturated heterocycles. The molecule has 0 radical (unpaired) electrons. The van der Waals surface area contributed by atoms with E-state index in [0.717, 1.165) is 87.8 Å². The van der Waals surface area contributed by atoms with Crippen LogP contribution in [0.5, 0.6) is 17.2 Å². The van der Waals surface area contributed by atoms with Crippen molar-refractivity contribution in [1.29, 1.82) is 0 Å². The summed E-state index contributed by atoms with van der Waals surface area (Å²) in [5.74, 6) is 3.77. The van der Waals surface area contributed by atoms with E-state index in [1.165, 1.54) is 52.7 Å². The lowest BCUT2D eigenvalue weighted by Crippen LogP contribution is -2.32. The van der Waals surface area contributed by atoms with Crippen molar-refractivity contribution in [3.63, 3.8) is 0 Å². The molecular weight excluding hydrogens is 520 g/mol. The van der Waals surface area contributed by atoms with Crippen LogP contribution in [0.3, 0.4) is 0 Å². The van der Waals surface area contributed by atoms with Crippen LogP contribution in [0.15, 0.2) is 66.7 Å². The third-order valence-corrected chi connectivity index (χ3v) is 9.08. The van der Waals surface area contributed by atoms with Crippen molar-refractivity contribution in [2.75, 3.05) is 32.9 Å². The van der Waals surface area contributed by atoms with Crippen LogP contribution in [-0.2, 0) is 6.54 Å². The zero-order valence-corrected chi connectivity index (χ0v) is 25.6. The summed E-state index contributed by atoms with van der Waals surface area (Å²) in [5.41, 5.74) is 6.17. The quantitative estimate of drug-likeness (QED) is 0.135. The number of ether oxygens (including phenoxy) is 3. The van der Waals surface area contributed by atoms with E-state index in [-0.39, 0.29) is 0 Å². The van der Waals surface area contributed by atoms with Crippen LogP contribution in [0, 0.1) is 12.8 Å². The molecule has 42 heavy (non-hydrogen) atoms. The summed E-state index contributed by atoms with van der Waals surface area (Å²) in [5, 5.41) is 1.24. The second kappa shape index (κ2) is 13.2. The average Bonchev–Trinajstić information content (AvgIpc) is 3.66. The highest BCUT2D eigenvalue weighted by atomic mass is 16.5. The van der Waals surface area contributed by atoms with Crippen LogP contribution in [0.2, 0.25) is 0 Å². The maximum absolute atomic E-state index is 6.13. The van der Waals surface area contributed by atoms with E-state index in [0.29, 0.717) is 0 Å². The lowest BCUT2D eigenvalue weighted by atomic mass is 9.86. The predicted molar refractivity (Wildman–Crippen MR) is 172 cm³/mol. The normalized spacial score (nSPS) is 17.9. The molecule has 3 heterocycles. The second-order valence-corrected chi connectivity index (χ2v) is 12.1. The molecule has 1 saturated carbocycles. The summed E-state index contributed by atoms with van der Waals surface area (Å²) in [4.78, 5) is 2.60. The van der Waals surface area contributed by atoms with Gasteiger partial charge in [0.25, 0.3) is 0 Å². The molecule has 5 nitrogen and oxygen atoms in total. The van der Waals surface area contributed by atoms with E-state index < -0.39 is 0 Å². The molecule has 1 aromatic heterocycles. The molecule has 4 aromatic rings. The molecular formula is C37H46N2O3. The van der Waals surface area contributed by atoms with Crippen LogP contribution < -0.4 is 14.2 Å². The molecule has 7 rings (SSSR count). The fourth-order valence-electron chi connectivity index (χ4n) is 6.56. The van der Waals surface area contributed by atoms with Gasteiger partial charge < -0.3 is 18.8 Å². The van der Waals surface area contributed by atoms with E-state index >= 15 is 0 Å². The highest BCUT2D eigenvalue weighted by molar-refractivity contribution is 5.92. The summed E-state index contributed by atoms with van der Waals surface area (Å²) in [6, 6.07) is 24.6. The Balaban J connectivity index is 1.22. The van der Waals surface area contributed by atoms with Gasteiger partial charge >= 0.3 is 0 Å². The summed E-state index contributed by atoms with van der Waals surface area (Å²) < 4.78 is 20.6.